The molecule has 0 spiro atoms. The Kier molecular flexibility index (Phi) is 4.02. The van der Waals surface area contributed by atoms with E-state index < -0.39 is 0 Å². The molecule has 1 aromatic carbocycles. The standard InChI is InChI=1S/C19H24ClN/c1-2-3-6-18-7-10-19(11-8-18,12-9-18)16-5-4-15(14-21)17(20)13-16/h4-5,13H,2-3,6-12H2,1H3. The van der Waals surface area contributed by atoms with Gasteiger partial charge >= 0.3 is 0 Å². The van der Waals surface area contributed by atoms with Crippen LogP contribution < -0.4 is 0 Å². The summed E-state index contributed by atoms with van der Waals surface area (Å²) in [5, 5.41) is 9.65. The van der Waals surface area contributed by atoms with Gasteiger partial charge in [0.2, 0.25) is 0 Å². The lowest BCUT2D eigenvalue weighted by Gasteiger charge is -2.54. The van der Waals surface area contributed by atoms with Crippen LogP contribution in [0.5, 0.6) is 0 Å². The van der Waals surface area contributed by atoms with E-state index in [1.807, 2.05) is 6.07 Å². The number of unbranched alkanes of at least 4 members (excludes halogenated alkanes) is 1. The second kappa shape index (κ2) is 5.65. The van der Waals surface area contributed by atoms with Crippen LogP contribution in [0.1, 0.15) is 75.8 Å². The van der Waals surface area contributed by atoms with Gasteiger partial charge in [-0.2, -0.15) is 5.26 Å². The number of halogens is 1. The molecule has 0 N–H and O–H groups in total. The third kappa shape index (κ3) is 2.59. The number of rotatable bonds is 4. The van der Waals surface area contributed by atoms with Gasteiger partial charge in [-0.3, -0.25) is 0 Å². The fourth-order valence-electron chi connectivity index (χ4n) is 4.56. The molecule has 2 heteroatoms. The van der Waals surface area contributed by atoms with E-state index >= 15 is 0 Å². The van der Waals surface area contributed by atoms with Crippen LogP contribution in [-0.2, 0) is 5.41 Å². The van der Waals surface area contributed by atoms with E-state index in [-0.39, 0.29) is 0 Å². The normalized spacial score (nSPS) is 31.1. The summed E-state index contributed by atoms with van der Waals surface area (Å²) in [5.41, 5.74) is 2.95. The summed E-state index contributed by atoms with van der Waals surface area (Å²) in [6.45, 7) is 2.30. The van der Waals surface area contributed by atoms with Crippen molar-refractivity contribution in [3.63, 3.8) is 0 Å². The molecule has 0 atom stereocenters. The first-order chi connectivity index (χ1) is 10.1. The van der Waals surface area contributed by atoms with Crippen molar-refractivity contribution < 1.29 is 0 Å². The molecule has 3 aliphatic carbocycles. The molecule has 2 bridgehead atoms. The van der Waals surface area contributed by atoms with Crippen molar-refractivity contribution in [2.75, 3.05) is 0 Å². The molecule has 1 aromatic rings. The minimum absolute atomic E-state index is 0.339. The highest BCUT2D eigenvalue weighted by Gasteiger charge is 2.48. The summed E-state index contributed by atoms with van der Waals surface area (Å²) < 4.78 is 0. The Labute approximate surface area is 133 Å². The van der Waals surface area contributed by atoms with Gasteiger partial charge in [0.25, 0.3) is 0 Å². The van der Waals surface area contributed by atoms with Crippen LogP contribution in [0.15, 0.2) is 18.2 Å². The van der Waals surface area contributed by atoms with Gasteiger partial charge < -0.3 is 0 Å². The van der Waals surface area contributed by atoms with Crippen LogP contribution in [0.3, 0.4) is 0 Å². The quantitative estimate of drug-likeness (QED) is 0.669. The zero-order chi connectivity index (χ0) is 14.9. The highest BCUT2D eigenvalue weighted by atomic mass is 35.5. The Hall–Kier alpha value is -1.00. The second-order valence-electron chi connectivity index (χ2n) is 7.19. The predicted molar refractivity (Wildman–Crippen MR) is 87.5 cm³/mol. The minimum Gasteiger partial charge on any atom is -0.192 e. The van der Waals surface area contributed by atoms with Crippen molar-refractivity contribution >= 4 is 11.6 Å². The molecule has 0 radical (unpaired) electrons. The van der Waals surface area contributed by atoms with E-state index in [9.17, 15) is 0 Å². The van der Waals surface area contributed by atoms with Crippen molar-refractivity contribution in [1.82, 2.24) is 0 Å². The largest absolute Gasteiger partial charge is 0.192 e. The SMILES string of the molecule is CCCCC12CCC(c3ccc(C#N)c(Cl)c3)(CC1)CC2. The van der Waals surface area contributed by atoms with E-state index in [4.69, 9.17) is 16.9 Å². The summed E-state index contributed by atoms with van der Waals surface area (Å²) in [6, 6.07) is 8.27. The number of hydrogen-bond acceptors (Lipinski definition) is 1. The van der Waals surface area contributed by atoms with E-state index in [1.165, 1.54) is 63.4 Å². The molecule has 0 aliphatic heterocycles. The molecule has 0 aromatic heterocycles. The zero-order valence-electron chi connectivity index (χ0n) is 12.9. The summed E-state index contributed by atoms with van der Waals surface area (Å²) in [5.74, 6) is 0. The van der Waals surface area contributed by atoms with Crippen LogP contribution in [0.2, 0.25) is 5.02 Å². The number of nitrogens with zero attached hydrogens (tertiary/aromatic N) is 1. The van der Waals surface area contributed by atoms with E-state index in [2.05, 4.69) is 25.1 Å². The molecule has 0 amide bonds. The van der Waals surface area contributed by atoms with Gasteiger partial charge in [-0.15, -0.1) is 0 Å². The van der Waals surface area contributed by atoms with E-state index in [0.29, 0.717) is 21.4 Å². The van der Waals surface area contributed by atoms with Gasteiger partial charge in [-0.05, 0) is 73.5 Å². The van der Waals surface area contributed by atoms with Gasteiger partial charge in [-0.1, -0.05) is 37.4 Å². The highest BCUT2D eigenvalue weighted by molar-refractivity contribution is 6.31. The molecule has 21 heavy (non-hydrogen) atoms. The van der Waals surface area contributed by atoms with Crippen molar-refractivity contribution in [2.45, 2.75) is 70.1 Å². The lowest BCUT2D eigenvalue weighted by molar-refractivity contribution is 0.0308. The minimum atomic E-state index is 0.339. The molecule has 3 fully saturated rings. The lowest BCUT2D eigenvalue weighted by Crippen LogP contribution is -2.44. The first kappa shape index (κ1) is 14.9. The fourth-order valence-corrected chi connectivity index (χ4v) is 4.78. The smallest absolute Gasteiger partial charge is 0.101 e. The molecule has 112 valence electrons. The Morgan fingerprint density at radius 3 is 2.33 bits per heavy atom. The van der Waals surface area contributed by atoms with Gasteiger partial charge in [0.15, 0.2) is 0 Å². The Balaban J connectivity index is 1.80. The highest BCUT2D eigenvalue weighted by Crippen LogP contribution is 2.59. The molecule has 0 heterocycles. The Morgan fingerprint density at radius 2 is 1.81 bits per heavy atom. The molecular weight excluding hydrogens is 278 g/mol. The summed E-state index contributed by atoms with van der Waals surface area (Å²) >= 11 is 6.25. The second-order valence-corrected chi connectivity index (χ2v) is 7.60. The monoisotopic (exact) mass is 301 g/mol. The molecule has 0 saturated heterocycles. The number of fused-ring (bicyclic) bond motifs is 3. The van der Waals surface area contributed by atoms with Gasteiger partial charge in [0, 0.05) is 0 Å². The third-order valence-electron chi connectivity index (χ3n) is 6.16. The van der Waals surface area contributed by atoms with Gasteiger partial charge in [0.05, 0.1) is 10.6 Å². The topological polar surface area (TPSA) is 23.8 Å². The van der Waals surface area contributed by atoms with E-state index in [1.54, 1.807) is 0 Å². The van der Waals surface area contributed by atoms with Crippen molar-refractivity contribution in [3.05, 3.63) is 34.3 Å². The maximum Gasteiger partial charge on any atom is 0.101 e. The molecular formula is C19H24ClN. The Morgan fingerprint density at radius 1 is 1.14 bits per heavy atom. The van der Waals surface area contributed by atoms with Crippen LogP contribution >= 0.6 is 11.6 Å². The summed E-state index contributed by atoms with van der Waals surface area (Å²) in [6.07, 6.45) is 12.2. The summed E-state index contributed by atoms with van der Waals surface area (Å²) in [4.78, 5) is 0. The van der Waals surface area contributed by atoms with Crippen LogP contribution in [0.25, 0.3) is 0 Å². The number of benzene rings is 1. The average molecular weight is 302 g/mol. The fraction of sp³-hybridized carbons (Fsp3) is 0.632. The third-order valence-corrected chi connectivity index (χ3v) is 6.48. The Bertz CT molecular complexity index is 545. The van der Waals surface area contributed by atoms with Crippen LogP contribution in [0, 0.1) is 16.7 Å². The molecule has 1 nitrogen and oxygen atoms in total. The molecule has 0 unspecified atom stereocenters. The van der Waals surface area contributed by atoms with Crippen molar-refractivity contribution in [2.24, 2.45) is 5.41 Å². The first-order valence-corrected chi connectivity index (χ1v) is 8.71. The van der Waals surface area contributed by atoms with E-state index in [0.717, 1.165) is 0 Å². The van der Waals surface area contributed by atoms with Crippen molar-refractivity contribution in [1.29, 1.82) is 5.26 Å². The summed E-state index contributed by atoms with van der Waals surface area (Å²) in [7, 11) is 0. The maximum atomic E-state index is 9.03. The lowest BCUT2D eigenvalue weighted by atomic mass is 9.51. The average Bonchev–Trinajstić information content (AvgIpc) is 2.54. The zero-order valence-corrected chi connectivity index (χ0v) is 13.7. The van der Waals surface area contributed by atoms with Crippen LogP contribution in [0.4, 0.5) is 0 Å². The van der Waals surface area contributed by atoms with Crippen LogP contribution in [-0.4, -0.2) is 0 Å². The number of hydrogen-bond donors (Lipinski definition) is 0. The molecule has 4 rings (SSSR count). The maximum absolute atomic E-state index is 9.03. The van der Waals surface area contributed by atoms with Gasteiger partial charge in [-0.25, -0.2) is 0 Å². The predicted octanol–water partition coefficient (Wildman–Crippen LogP) is 5.99. The van der Waals surface area contributed by atoms with Crippen molar-refractivity contribution in [3.8, 4) is 6.07 Å². The molecule has 3 saturated carbocycles. The molecule has 3 aliphatic rings. The first-order valence-electron chi connectivity index (χ1n) is 8.33. The number of nitriles is 1. The van der Waals surface area contributed by atoms with Gasteiger partial charge in [0.1, 0.15) is 6.07 Å².